The summed E-state index contributed by atoms with van der Waals surface area (Å²) in [4.78, 5) is 25.1. The number of hydrogen-bond donors (Lipinski definition) is 0. The van der Waals surface area contributed by atoms with Gasteiger partial charge in [0.15, 0.2) is 0 Å². The molecule has 0 saturated carbocycles. The summed E-state index contributed by atoms with van der Waals surface area (Å²) in [6.07, 6.45) is 6.93. The zero-order valence-electron chi connectivity index (χ0n) is 13.9. The van der Waals surface area contributed by atoms with Crippen molar-refractivity contribution in [3.8, 4) is 0 Å². The number of hydrogen-bond acceptors (Lipinski definition) is 5. The fourth-order valence-corrected chi connectivity index (χ4v) is 3.50. The summed E-state index contributed by atoms with van der Waals surface area (Å²) in [6.45, 7) is 4.28. The van der Waals surface area contributed by atoms with Gasteiger partial charge in [-0.2, -0.15) is 0 Å². The van der Waals surface area contributed by atoms with Gasteiger partial charge in [0.1, 0.15) is 12.1 Å². The number of nitrogens with zero attached hydrogens (tertiary/aromatic N) is 4. The van der Waals surface area contributed by atoms with Crippen LogP contribution in [0.2, 0.25) is 0 Å². The van der Waals surface area contributed by atoms with Crippen molar-refractivity contribution in [2.24, 2.45) is 5.92 Å². The van der Waals surface area contributed by atoms with Crippen LogP contribution >= 0.6 is 0 Å². The zero-order chi connectivity index (χ0) is 16.1. The molecule has 2 aliphatic rings. The Labute approximate surface area is 137 Å². The topological polar surface area (TPSA) is 58.6 Å². The molecule has 6 nitrogen and oxygen atoms in total. The molecule has 3 rings (SSSR count). The first-order valence-corrected chi connectivity index (χ1v) is 8.59. The molecule has 23 heavy (non-hydrogen) atoms. The smallest absolute Gasteiger partial charge is 0.223 e. The lowest BCUT2D eigenvalue weighted by atomic mass is 10.0. The Hall–Kier alpha value is -1.69. The van der Waals surface area contributed by atoms with Crippen LogP contribution in [0.3, 0.4) is 0 Å². The van der Waals surface area contributed by atoms with Crippen molar-refractivity contribution in [1.29, 1.82) is 0 Å². The number of methoxy groups -OCH3 is 1. The van der Waals surface area contributed by atoms with E-state index >= 15 is 0 Å². The van der Waals surface area contributed by atoms with Crippen molar-refractivity contribution < 1.29 is 9.53 Å². The third kappa shape index (κ3) is 4.19. The molecule has 1 aromatic heterocycles. The van der Waals surface area contributed by atoms with Gasteiger partial charge in [-0.3, -0.25) is 4.79 Å². The van der Waals surface area contributed by atoms with E-state index in [1.165, 1.54) is 19.3 Å². The molecule has 1 atom stereocenters. The third-order valence-corrected chi connectivity index (χ3v) is 4.75. The van der Waals surface area contributed by atoms with Crippen LogP contribution in [0.1, 0.15) is 31.4 Å². The Morgan fingerprint density at radius 1 is 1.26 bits per heavy atom. The minimum absolute atomic E-state index is 0.234. The van der Waals surface area contributed by atoms with Gasteiger partial charge in [-0.15, -0.1) is 0 Å². The maximum Gasteiger partial charge on any atom is 0.223 e. The van der Waals surface area contributed by atoms with E-state index in [9.17, 15) is 4.79 Å². The molecule has 0 N–H and O–H groups in total. The number of aromatic nitrogens is 2. The predicted octanol–water partition coefficient (Wildman–Crippen LogP) is 1.50. The minimum atomic E-state index is 0.234. The van der Waals surface area contributed by atoms with Crippen LogP contribution in [-0.2, 0) is 16.0 Å². The lowest BCUT2D eigenvalue weighted by Crippen LogP contribution is -2.30. The molecule has 2 saturated heterocycles. The molecule has 3 heterocycles. The number of anilines is 1. The maximum atomic E-state index is 12.0. The molecule has 6 heteroatoms. The zero-order valence-corrected chi connectivity index (χ0v) is 13.9. The number of carbonyl (C=O) groups is 1. The molecule has 0 spiro atoms. The summed E-state index contributed by atoms with van der Waals surface area (Å²) in [7, 11) is 1.67. The average Bonchev–Trinajstić information content (AvgIpc) is 2.93. The van der Waals surface area contributed by atoms with Crippen molar-refractivity contribution in [2.75, 3.05) is 44.8 Å². The highest BCUT2D eigenvalue weighted by molar-refractivity contribution is 5.78. The first kappa shape index (κ1) is 16.2. The Balaban J connectivity index is 1.59. The van der Waals surface area contributed by atoms with Crippen LogP contribution in [0.4, 0.5) is 5.82 Å². The summed E-state index contributed by atoms with van der Waals surface area (Å²) < 4.78 is 5.07. The number of ether oxygens (including phenoxy) is 1. The molecule has 1 aromatic rings. The van der Waals surface area contributed by atoms with E-state index in [2.05, 4.69) is 20.9 Å². The monoisotopic (exact) mass is 318 g/mol. The molecule has 0 aliphatic carbocycles. The molecular weight excluding hydrogens is 292 g/mol. The van der Waals surface area contributed by atoms with Crippen LogP contribution in [0.25, 0.3) is 0 Å². The average molecular weight is 318 g/mol. The Morgan fingerprint density at radius 2 is 2.09 bits per heavy atom. The van der Waals surface area contributed by atoms with Crippen LogP contribution < -0.4 is 4.90 Å². The maximum absolute atomic E-state index is 12.0. The standard InChI is InChI=1S/C17H26N4O2/c1-23-8-7-21-12-14(10-17(21)22)9-15-11-16(19-13-18-15)20-5-3-2-4-6-20/h11,13-14H,2-10,12H2,1H3. The SMILES string of the molecule is COCCN1CC(Cc2cc(N3CCCCC3)ncn2)CC1=O. The molecule has 0 radical (unpaired) electrons. The largest absolute Gasteiger partial charge is 0.383 e. The van der Waals surface area contributed by atoms with Gasteiger partial charge < -0.3 is 14.5 Å². The molecule has 126 valence electrons. The predicted molar refractivity (Wildman–Crippen MR) is 88.4 cm³/mol. The van der Waals surface area contributed by atoms with Gasteiger partial charge in [-0.1, -0.05) is 0 Å². The van der Waals surface area contributed by atoms with Crippen molar-refractivity contribution in [2.45, 2.75) is 32.1 Å². The molecule has 0 bridgehead atoms. The molecule has 2 fully saturated rings. The normalized spacial score (nSPS) is 22.0. The van der Waals surface area contributed by atoms with E-state index in [0.717, 1.165) is 37.6 Å². The highest BCUT2D eigenvalue weighted by atomic mass is 16.5. The number of piperidine rings is 1. The minimum Gasteiger partial charge on any atom is -0.383 e. The second-order valence-electron chi connectivity index (χ2n) is 6.52. The summed E-state index contributed by atoms with van der Waals surface area (Å²) in [5.41, 5.74) is 1.05. The number of amides is 1. The molecule has 1 unspecified atom stereocenters. The third-order valence-electron chi connectivity index (χ3n) is 4.75. The Morgan fingerprint density at radius 3 is 2.87 bits per heavy atom. The van der Waals surface area contributed by atoms with Crippen molar-refractivity contribution in [3.05, 3.63) is 18.1 Å². The lowest BCUT2D eigenvalue weighted by molar-refractivity contribution is -0.128. The summed E-state index contributed by atoms with van der Waals surface area (Å²) in [5, 5.41) is 0. The van der Waals surface area contributed by atoms with Crippen LogP contribution in [0, 0.1) is 5.92 Å². The van der Waals surface area contributed by atoms with Crippen molar-refractivity contribution in [3.63, 3.8) is 0 Å². The van der Waals surface area contributed by atoms with E-state index in [0.29, 0.717) is 25.5 Å². The van der Waals surface area contributed by atoms with Crippen LogP contribution in [-0.4, -0.2) is 60.7 Å². The fraction of sp³-hybridized carbons (Fsp3) is 0.706. The number of carbonyl (C=O) groups excluding carboxylic acids is 1. The van der Waals surface area contributed by atoms with Crippen molar-refractivity contribution >= 4 is 11.7 Å². The number of rotatable bonds is 6. The first-order valence-electron chi connectivity index (χ1n) is 8.59. The quantitative estimate of drug-likeness (QED) is 0.795. The van der Waals surface area contributed by atoms with Gasteiger partial charge in [0.05, 0.1) is 6.61 Å². The number of likely N-dealkylation sites (tertiary alicyclic amines) is 1. The summed E-state index contributed by atoms with van der Waals surface area (Å²) in [5.74, 6) is 1.62. The lowest BCUT2D eigenvalue weighted by Gasteiger charge is -2.27. The fourth-order valence-electron chi connectivity index (χ4n) is 3.50. The van der Waals surface area contributed by atoms with E-state index in [4.69, 9.17) is 4.74 Å². The van der Waals surface area contributed by atoms with Crippen LogP contribution in [0.5, 0.6) is 0 Å². The Bertz CT molecular complexity index is 531. The highest BCUT2D eigenvalue weighted by Gasteiger charge is 2.29. The highest BCUT2D eigenvalue weighted by Crippen LogP contribution is 2.23. The van der Waals surface area contributed by atoms with Gasteiger partial charge in [0, 0.05) is 51.5 Å². The van der Waals surface area contributed by atoms with E-state index in [1.54, 1.807) is 13.4 Å². The molecule has 2 aliphatic heterocycles. The molecule has 1 amide bonds. The second-order valence-corrected chi connectivity index (χ2v) is 6.52. The van der Waals surface area contributed by atoms with E-state index in [-0.39, 0.29) is 5.91 Å². The van der Waals surface area contributed by atoms with E-state index in [1.807, 2.05) is 4.90 Å². The second kappa shape index (κ2) is 7.73. The van der Waals surface area contributed by atoms with Gasteiger partial charge in [-0.05, 0) is 31.6 Å². The van der Waals surface area contributed by atoms with Gasteiger partial charge in [0.25, 0.3) is 0 Å². The van der Waals surface area contributed by atoms with Crippen LogP contribution in [0.15, 0.2) is 12.4 Å². The summed E-state index contributed by atoms with van der Waals surface area (Å²) in [6, 6.07) is 2.10. The summed E-state index contributed by atoms with van der Waals surface area (Å²) >= 11 is 0. The molecular formula is C17H26N4O2. The van der Waals surface area contributed by atoms with Crippen molar-refractivity contribution in [1.82, 2.24) is 14.9 Å². The van der Waals surface area contributed by atoms with E-state index < -0.39 is 0 Å². The first-order chi connectivity index (χ1) is 11.3. The van der Waals surface area contributed by atoms with Gasteiger partial charge in [-0.25, -0.2) is 9.97 Å². The molecule has 0 aromatic carbocycles. The van der Waals surface area contributed by atoms with Gasteiger partial charge in [0.2, 0.25) is 5.91 Å². The van der Waals surface area contributed by atoms with Gasteiger partial charge >= 0.3 is 0 Å². The Kier molecular flexibility index (Phi) is 5.43.